The molecule has 0 bridgehead atoms. The van der Waals surface area contributed by atoms with Crippen molar-refractivity contribution in [2.75, 3.05) is 13.7 Å². The van der Waals surface area contributed by atoms with Gasteiger partial charge in [-0.2, -0.15) is 9.41 Å². The van der Waals surface area contributed by atoms with Gasteiger partial charge in [-0.15, -0.1) is 0 Å². The summed E-state index contributed by atoms with van der Waals surface area (Å²) in [5, 5.41) is 13.5. The van der Waals surface area contributed by atoms with E-state index in [-0.39, 0.29) is 22.9 Å². The third-order valence-corrected chi connectivity index (χ3v) is 6.03. The van der Waals surface area contributed by atoms with Crippen LogP contribution in [-0.2, 0) is 21.4 Å². The molecular weight excluding hydrogens is 422 g/mol. The highest BCUT2D eigenvalue weighted by Crippen LogP contribution is 2.25. The summed E-state index contributed by atoms with van der Waals surface area (Å²) in [5.74, 6) is -0.00252. The summed E-state index contributed by atoms with van der Waals surface area (Å²) in [4.78, 5) is 12.5. The van der Waals surface area contributed by atoms with E-state index >= 15 is 0 Å². The van der Waals surface area contributed by atoms with Crippen LogP contribution in [0.1, 0.15) is 11.3 Å². The highest BCUT2D eigenvalue weighted by Gasteiger charge is 2.27. The van der Waals surface area contributed by atoms with Gasteiger partial charge >= 0.3 is 0 Å². The molecule has 0 aliphatic heterocycles. The van der Waals surface area contributed by atoms with Crippen LogP contribution in [0.3, 0.4) is 0 Å². The molecule has 0 radical (unpaired) electrons. The molecule has 1 heterocycles. The summed E-state index contributed by atoms with van der Waals surface area (Å²) in [6, 6.07) is 15.6. The van der Waals surface area contributed by atoms with Crippen LogP contribution in [0.2, 0.25) is 0 Å². The Bertz CT molecular complexity index is 1150. The fourth-order valence-corrected chi connectivity index (χ4v) is 4.08. The van der Waals surface area contributed by atoms with Crippen LogP contribution in [0.15, 0.2) is 81.3 Å². The molecule has 0 aliphatic carbocycles. The van der Waals surface area contributed by atoms with Crippen LogP contribution < -0.4 is 10.2 Å². The second-order valence-electron chi connectivity index (χ2n) is 6.39. The van der Waals surface area contributed by atoms with Crippen molar-refractivity contribution in [1.82, 2.24) is 9.73 Å². The molecule has 0 saturated carbocycles. The van der Waals surface area contributed by atoms with E-state index in [4.69, 9.17) is 9.15 Å². The zero-order valence-corrected chi connectivity index (χ0v) is 17.5. The second-order valence-corrected chi connectivity index (χ2v) is 8.33. The fraction of sp³-hybridized carbons (Fsp3) is 0.143. The highest BCUT2D eigenvalue weighted by atomic mass is 32.2. The van der Waals surface area contributed by atoms with Crippen LogP contribution in [-0.4, -0.2) is 43.6 Å². The van der Waals surface area contributed by atoms with Gasteiger partial charge in [0.2, 0.25) is 10.0 Å². The van der Waals surface area contributed by atoms with E-state index < -0.39 is 22.5 Å². The van der Waals surface area contributed by atoms with Gasteiger partial charge in [-0.1, -0.05) is 18.2 Å². The standard InChI is InChI=1S/C21H21N3O6S/c1-29-20-12-16(9-10-19(20)25)13-22-23-21(26)15-24(14-17-6-5-11-30-17)31(27,28)18-7-3-2-4-8-18/h2-13,25H,14-15H2,1H3,(H,23,26)/b22-13+. The molecule has 3 aromatic rings. The number of carbonyl (C=O) groups excluding carboxylic acids is 1. The largest absolute Gasteiger partial charge is 0.504 e. The normalized spacial score (nSPS) is 11.7. The number of sulfonamides is 1. The van der Waals surface area contributed by atoms with Crippen LogP contribution in [0.5, 0.6) is 11.5 Å². The van der Waals surface area contributed by atoms with E-state index in [1.54, 1.807) is 36.4 Å². The predicted octanol–water partition coefficient (Wildman–Crippen LogP) is 2.34. The van der Waals surface area contributed by atoms with E-state index in [0.717, 1.165) is 4.31 Å². The number of nitrogens with one attached hydrogen (secondary N) is 1. The topological polar surface area (TPSA) is 121 Å². The molecule has 0 aliphatic rings. The van der Waals surface area contributed by atoms with Crippen LogP contribution in [0.25, 0.3) is 0 Å². The lowest BCUT2D eigenvalue weighted by Crippen LogP contribution is -2.38. The van der Waals surface area contributed by atoms with Crippen molar-refractivity contribution < 1.29 is 27.5 Å². The number of aromatic hydroxyl groups is 1. The van der Waals surface area contributed by atoms with Gasteiger partial charge in [0.05, 0.1) is 37.6 Å². The maximum atomic E-state index is 13.0. The van der Waals surface area contributed by atoms with Gasteiger partial charge in [0.25, 0.3) is 5.91 Å². The molecular formula is C21H21N3O6S. The zero-order chi connectivity index (χ0) is 22.3. The third-order valence-electron chi connectivity index (χ3n) is 4.22. The monoisotopic (exact) mass is 443 g/mol. The molecule has 31 heavy (non-hydrogen) atoms. The molecule has 0 spiro atoms. The Morgan fingerprint density at radius 3 is 2.65 bits per heavy atom. The van der Waals surface area contributed by atoms with Crippen molar-refractivity contribution >= 4 is 22.1 Å². The van der Waals surface area contributed by atoms with Crippen molar-refractivity contribution in [3.63, 3.8) is 0 Å². The Morgan fingerprint density at radius 2 is 1.97 bits per heavy atom. The van der Waals surface area contributed by atoms with Gasteiger partial charge in [0.1, 0.15) is 5.76 Å². The number of methoxy groups -OCH3 is 1. The Labute approximate surface area is 179 Å². The maximum absolute atomic E-state index is 13.0. The summed E-state index contributed by atoms with van der Waals surface area (Å²) in [6.45, 7) is -0.579. The predicted molar refractivity (Wildman–Crippen MR) is 113 cm³/mol. The molecule has 3 rings (SSSR count). The molecule has 10 heteroatoms. The van der Waals surface area contributed by atoms with Crippen molar-refractivity contribution in [2.45, 2.75) is 11.4 Å². The third kappa shape index (κ3) is 5.71. The lowest BCUT2D eigenvalue weighted by Gasteiger charge is -2.20. The van der Waals surface area contributed by atoms with Crippen molar-refractivity contribution in [1.29, 1.82) is 0 Å². The zero-order valence-electron chi connectivity index (χ0n) is 16.6. The van der Waals surface area contributed by atoms with Gasteiger partial charge in [-0.05, 0) is 48.0 Å². The maximum Gasteiger partial charge on any atom is 0.255 e. The van der Waals surface area contributed by atoms with E-state index in [1.807, 2.05) is 0 Å². The minimum atomic E-state index is -3.95. The molecule has 0 unspecified atom stereocenters. The number of hydrazone groups is 1. The van der Waals surface area contributed by atoms with Gasteiger partial charge in [-0.3, -0.25) is 4.79 Å². The molecule has 1 aromatic heterocycles. The molecule has 0 saturated heterocycles. The summed E-state index contributed by atoms with van der Waals surface area (Å²) < 4.78 is 37.3. The Kier molecular flexibility index (Phi) is 7.06. The molecule has 9 nitrogen and oxygen atoms in total. The SMILES string of the molecule is COc1cc(/C=N/NC(=O)CN(Cc2ccco2)S(=O)(=O)c2ccccc2)ccc1O. The molecule has 2 N–H and O–H groups in total. The number of hydrogen-bond acceptors (Lipinski definition) is 7. The Hall–Kier alpha value is -3.63. The van der Waals surface area contributed by atoms with Gasteiger partial charge < -0.3 is 14.3 Å². The molecule has 0 fully saturated rings. The molecule has 0 atom stereocenters. The first kappa shape index (κ1) is 22.1. The smallest absolute Gasteiger partial charge is 0.255 e. The van der Waals surface area contributed by atoms with Crippen molar-refractivity contribution in [2.24, 2.45) is 5.10 Å². The number of nitrogens with zero attached hydrogens (tertiary/aromatic N) is 2. The van der Waals surface area contributed by atoms with Gasteiger partial charge in [0, 0.05) is 0 Å². The van der Waals surface area contributed by atoms with Gasteiger partial charge in [-0.25, -0.2) is 13.8 Å². The molecule has 2 aromatic carbocycles. The first-order valence-electron chi connectivity index (χ1n) is 9.16. The number of carbonyl (C=O) groups is 1. The number of benzene rings is 2. The van der Waals surface area contributed by atoms with E-state index in [9.17, 15) is 18.3 Å². The first-order valence-corrected chi connectivity index (χ1v) is 10.6. The average molecular weight is 443 g/mol. The number of furan rings is 1. The summed E-state index contributed by atoms with van der Waals surface area (Å²) in [7, 11) is -2.53. The van der Waals surface area contributed by atoms with Crippen LogP contribution >= 0.6 is 0 Å². The van der Waals surface area contributed by atoms with Crippen LogP contribution in [0, 0.1) is 0 Å². The quantitative estimate of drug-likeness (QED) is 0.387. The van der Waals surface area contributed by atoms with Crippen LogP contribution in [0.4, 0.5) is 0 Å². The minimum Gasteiger partial charge on any atom is -0.504 e. The van der Waals surface area contributed by atoms with Crippen molar-refractivity contribution in [3.05, 3.63) is 78.3 Å². The van der Waals surface area contributed by atoms with Gasteiger partial charge in [0.15, 0.2) is 11.5 Å². The van der Waals surface area contributed by atoms with E-state index in [2.05, 4.69) is 10.5 Å². The molecule has 162 valence electrons. The minimum absolute atomic E-state index is 0.0247. The number of hydrogen-bond donors (Lipinski definition) is 2. The average Bonchev–Trinajstić information content (AvgIpc) is 3.28. The Balaban J connectivity index is 1.72. The lowest BCUT2D eigenvalue weighted by atomic mass is 10.2. The summed E-state index contributed by atoms with van der Waals surface area (Å²) in [6.07, 6.45) is 2.78. The number of amides is 1. The Morgan fingerprint density at radius 1 is 1.19 bits per heavy atom. The highest BCUT2D eigenvalue weighted by molar-refractivity contribution is 7.89. The molecule has 1 amide bonds. The number of phenols is 1. The van der Waals surface area contributed by atoms with E-state index in [1.165, 1.54) is 43.9 Å². The first-order chi connectivity index (χ1) is 14.9. The number of ether oxygens (including phenoxy) is 1. The fourth-order valence-electron chi connectivity index (χ4n) is 2.69. The summed E-state index contributed by atoms with van der Waals surface area (Å²) in [5.41, 5.74) is 2.88. The van der Waals surface area contributed by atoms with Crippen molar-refractivity contribution in [3.8, 4) is 11.5 Å². The number of rotatable bonds is 9. The lowest BCUT2D eigenvalue weighted by molar-refractivity contribution is -0.121. The number of phenolic OH excluding ortho intramolecular Hbond substituents is 1. The second kappa shape index (κ2) is 9.92. The summed E-state index contributed by atoms with van der Waals surface area (Å²) >= 11 is 0. The van der Waals surface area contributed by atoms with E-state index in [0.29, 0.717) is 11.3 Å².